The molecule has 6 heteroatoms. The van der Waals surface area contributed by atoms with Gasteiger partial charge in [0, 0.05) is 11.6 Å². The highest BCUT2D eigenvalue weighted by molar-refractivity contribution is 5.99. The third-order valence-corrected chi connectivity index (χ3v) is 2.59. The number of hydrogen-bond donors (Lipinski definition) is 2. The Bertz CT molecular complexity index is 640. The van der Waals surface area contributed by atoms with E-state index in [1.165, 1.54) is 7.11 Å². The molecule has 0 fully saturated rings. The van der Waals surface area contributed by atoms with Crippen LogP contribution >= 0.6 is 0 Å². The molecule has 0 saturated heterocycles. The van der Waals surface area contributed by atoms with Crippen LogP contribution in [-0.4, -0.2) is 35.7 Å². The highest BCUT2D eigenvalue weighted by Gasteiger charge is 2.09. The smallest absolute Gasteiger partial charge is 0.337 e. The molecule has 1 heterocycles. The van der Waals surface area contributed by atoms with Crippen LogP contribution < -0.4 is 5.32 Å². The molecule has 0 amide bonds. The largest absolute Gasteiger partial charge is 0.480 e. The van der Waals surface area contributed by atoms with E-state index in [1.54, 1.807) is 30.5 Å². The van der Waals surface area contributed by atoms with Crippen molar-refractivity contribution in [2.24, 2.45) is 0 Å². The van der Waals surface area contributed by atoms with Crippen LogP contribution in [0.25, 0.3) is 10.8 Å². The number of carboxylic acid groups (broad SMARTS) is 1. The average Bonchev–Trinajstić information content (AvgIpc) is 2.43. The fourth-order valence-corrected chi connectivity index (χ4v) is 1.72. The van der Waals surface area contributed by atoms with Crippen LogP contribution in [0.5, 0.6) is 0 Å². The Kier molecular flexibility index (Phi) is 3.61. The molecule has 0 saturated carbocycles. The van der Waals surface area contributed by atoms with Gasteiger partial charge in [0.25, 0.3) is 0 Å². The number of pyridine rings is 1. The van der Waals surface area contributed by atoms with Crippen molar-refractivity contribution < 1.29 is 19.4 Å². The van der Waals surface area contributed by atoms with Gasteiger partial charge < -0.3 is 15.2 Å². The van der Waals surface area contributed by atoms with E-state index in [0.717, 1.165) is 10.8 Å². The lowest BCUT2D eigenvalue weighted by atomic mass is 10.1. The number of carbonyl (C=O) groups is 2. The molecule has 0 radical (unpaired) electrons. The van der Waals surface area contributed by atoms with Crippen LogP contribution in [0.15, 0.2) is 30.5 Å². The minimum absolute atomic E-state index is 0.217. The zero-order chi connectivity index (χ0) is 13.8. The van der Waals surface area contributed by atoms with Crippen molar-refractivity contribution in [3.63, 3.8) is 0 Å². The first-order valence-corrected chi connectivity index (χ1v) is 5.54. The molecule has 19 heavy (non-hydrogen) atoms. The normalized spacial score (nSPS) is 10.2. The van der Waals surface area contributed by atoms with Crippen LogP contribution in [0.4, 0.5) is 5.82 Å². The first-order chi connectivity index (χ1) is 9.11. The molecule has 2 aromatic rings. The maximum Gasteiger partial charge on any atom is 0.337 e. The zero-order valence-electron chi connectivity index (χ0n) is 10.2. The number of methoxy groups -OCH3 is 1. The van der Waals surface area contributed by atoms with Gasteiger partial charge >= 0.3 is 11.9 Å². The summed E-state index contributed by atoms with van der Waals surface area (Å²) in [4.78, 5) is 26.0. The SMILES string of the molecule is COC(=O)c1ccc2c(NCC(=O)O)nccc2c1. The maximum absolute atomic E-state index is 11.4. The first kappa shape index (κ1) is 12.8. The van der Waals surface area contributed by atoms with E-state index in [0.29, 0.717) is 11.4 Å². The lowest BCUT2D eigenvalue weighted by Gasteiger charge is -2.07. The van der Waals surface area contributed by atoms with E-state index in [9.17, 15) is 9.59 Å². The number of nitrogens with zero attached hydrogens (tertiary/aromatic N) is 1. The quantitative estimate of drug-likeness (QED) is 0.810. The van der Waals surface area contributed by atoms with E-state index in [1.807, 2.05) is 0 Å². The fraction of sp³-hybridized carbons (Fsp3) is 0.154. The Morgan fingerprint density at radius 2 is 2.16 bits per heavy atom. The second-order valence-electron chi connectivity index (χ2n) is 3.83. The van der Waals surface area contributed by atoms with Gasteiger partial charge in [-0.3, -0.25) is 4.79 Å². The summed E-state index contributed by atoms with van der Waals surface area (Å²) in [6.07, 6.45) is 1.55. The summed E-state index contributed by atoms with van der Waals surface area (Å²) in [5.74, 6) is -0.917. The summed E-state index contributed by atoms with van der Waals surface area (Å²) in [6.45, 7) is -0.217. The van der Waals surface area contributed by atoms with E-state index < -0.39 is 11.9 Å². The number of anilines is 1. The molecule has 0 aliphatic heterocycles. The molecule has 0 spiro atoms. The second-order valence-corrected chi connectivity index (χ2v) is 3.83. The Hall–Kier alpha value is -2.63. The van der Waals surface area contributed by atoms with Gasteiger partial charge in [0.1, 0.15) is 12.4 Å². The lowest BCUT2D eigenvalue weighted by Crippen LogP contribution is -2.13. The number of aliphatic carboxylic acids is 1. The molecule has 6 nitrogen and oxygen atoms in total. The molecule has 1 aromatic carbocycles. The Morgan fingerprint density at radius 3 is 2.84 bits per heavy atom. The van der Waals surface area contributed by atoms with Crippen molar-refractivity contribution in [3.8, 4) is 0 Å². The van der Waals surface area contributed by atoms with E-state index in [-0.39, 0.29) is 6.54 Å². The summed E-state index contributed by atoms with van der Waals surface area (Å²) < 4.78 is 4.65. The van der Waals surface area contributed by atoms with Gasteiger partial charge in [-0.15, -0.1) is 0 Å². The highest BCUT2D eigenvalue weighted by Crippen LogP contribution is 2.22. The van der Waals surface area contributed by atoms with Gasteiger partial charge in [0.05, 0.1) is 12.7 Å². The number of carbonyl (C=O) groups excluding carboxylic acids is 1. The minimum Gasteiger partial charge on any atom is -0.480 e. The number of rotatable bonds is 4. The number of ether oxygens (including phenoxy) is 1. The fourth-order valence-electron chi connectivity index (χ4n) is 1.72. The van der Waals surface area contributed by atoms with Crippen LogP contribution in [0.2, 0.25) is 0 Å². The monoisotopic (exact) mass is 260 g/mol. The summed E-state index contributed by atoms with van der Waals surface area (Å²) in [5, 5.41) is 12.9. The van der Waals surface area contributed by atoms with Crippen molar-refractivity contribution in [3.05, 3.63) is 36.0 Å². The molecule has 0 unspecified atom stereocenters. The number of aromatic nitrogens is 1. The number of hydrogen-bond acceptors (Lipinski definition) is 5. The van der Waals surface area contributed by atoms with Gasteiger partial charge in [-0.05, 0) is 29.7 Å². The highest BCUT2D eigenvalue weighted by atomic mass is 16.5. The van der Waals surface area contributed by atoms with Crippen LogP contribution in [0, 0.1) is 0 Å². The third-order valence-electron chi connectivity index (χ3n) is 2.59. The Morgan fingerprint density at radius 1 is 1.37 bits per heavy atom. The van der Waals surface area contributed by atoms with Crippen molar-refractivity contribution in [1.82, 2.24) is 4.98 Å². The molecular weight excluding hydrogens is 248 g/mol. The molecule has 0 bridgehead atoms. The van der Waals surface area contributed by atoms with E-state index in [2.05, 4.69) is 15.0 Å². The summed E-state index contributed by atoms with van der Waals surface area (Å²) >= 11 is 0. The molecule has 98 valence electrons. The molecule has 0 aliphatic rings. The number of fused-ring (bicyclic) bond motifs is 1. The van der Waals surface area contributed by atoms with Crippen LogP contribution in [0.3, 0.4) is 0 Å². The summed E-state index contributed by atoms with van der Waals surface area (Å²) in [6, 6.07) is 6.74. The minimum atomic E-state index is -0.968. The number of esters is 1. The predicted octanol–water partition coefficient (Wildman–Crippen LogP) is 1.52. The van der Waals surface area contributed by atoms with Crippen molar-refractivity contribution in [2.75, 3.05) is 19.0 Å². The van der Waals surface area contributed by atoms with Crippen molar-refractivity contribution in [1.29, 1.82) is 0 Å². The van der Waals surface area contributed by atoms with Crippen LogP contribution in [0.1, 0.15) is 10.4 Å². The van der Waals surface area contributed by atoms with Gasteiger partial charge in [0.15, 0.2) is 0 Å². The molecule has 1 aromatic heterocycles. The maximum atomic E-state index is 11.4. The summed E-state index contributed by atoms with van der Waals surface area (Å²) in [5.41, 5.74) is 0.436. The molecule has 2 N–H and O–H groups in total. The Labute approximate surface area is 109 Å². The lowest BCUT2D eigenvalue weighted by molar-refractivity contribution is -0.134. The molecule has 0 aliphatic carbocycles. The number of benzene rings is 1. The second kappa shape index (κ2) is 5.34. The van der Waals surface area contributed by atoms with Crippen LogP contribution in [-0.2, 0) is 9.53 Å². The van der Waals surface area contributed by atoms with Gasteiger partial charge in [-0.25, -0.2) is 9.78 Å². The van der Waals surface area contributed by atoms with Gasteiger partial charge in [-0.2, -0.15) is 0 Å². The van der Waals surface area contributed by atoms with Crippen molar-refractivity contribution in [2.45, 2.75) is 0 Å². The predicted molar refractivity (Wildman–Crippen MR) is 69.2 cm³/mol. The number of nitrogens with one attached hydrogen (secondary N) is 1. The molecular formula is C13H12N2O4. The van der Waals surface area contributed by atoms with Gasteiger partial charge in [0.2, 0.25) is 0 Å². The van der Waals surface area contributed by atoms with Gasteiger partial charge in [-0.1, -0.05) is 0 Å². The third kappa shape index (κ3) is 2.79. The molecule has 2 rings (SSSR count). The average molecular weight is 260 g/mol. The van der Waals surface area contributed by atoms with E-state index in [4.69, 9.17) is 5.11 Å². The van der Waals surface area contributed by atoms with Crippen molar-refractivity contribution >= 4 is 28.5 Å². The van der Waals surface area contributed by atoms with E-state index >= 15 is 0 Å². The first-order valence-electron chi connectivity index (χ1n) is 5.54. The topological polar surface area (TPSA) is 88.5 Å². The molecule has 0 atom stereocenters. The standard InChI is InChI=1S/C13H12N2O4/c1-19-13(18)9-2-3-10-8(6-9)4-5-14-12(10)15-7-11(16)17/h2-6H,7H2,1H3,(H,14,15)(H,16,17). The summed E-state index contributed by atoms with van der Waals surface area (Å²) in [7, 11) is 1.32. The zero-order valence-corrected chi connectivity index (χ0v) is 10.2. The number of carboxylic acids is 1. The Balaban J connectivity index is 2.40.